The Morgan fingerprint density at radius 2 is 1.88 bits per heavy atom. The summed E-state index contributed by atoms with van der Waals surface area (Å²) >= 11 is 0. The first-order valence-corrected chi connectivity index (χ1v) is 6.47. The standard InChI is InChI=1S/C14H24O3/c1-10-7-12(9-14(3,4)8-10)17-13(16)6-5-11(2)15/h10,12H,5-9H2,1-4H3. The highest BCUT2D eigenvalue weighted by molar-refractivity contribution is 5.81. The monoisotopic (exact) mass is 240 g/mol. The Labute approximate surface area is 104 Å². The van der Waals surface area contributed by atoms with Crippen molar-refractivity contribution in [3.63, 3.8) is 0 Å². The van der Waals surface area contributed by atoms with Gasteiger partial charge >= 0.3 is 5.97 Å². The van der Waals surface area contributed by atoms with Gasteiger partial charge in [0, 0.05) is 6.42 Å². The molecule has 0 aromatic heterocycles. The first-order valence-electron chi connectivity index (χ1n) is 6.47. The molecule has 1 fully saturated rings. The molecule has 1 rings (SSSR count). The van der Waals surface area contributed by atoms with Crippen molar-refractivity contribution < 1.29 is 14.3 Å². The van der Waals surface area contributed by atoms with Crippen LogP contribution >= 0.6 is 0 Å². The minimum absolute atomic E-state index is 0.0354. The normalized spacial score (nSPS) is 27.5. The van der Waals surface area contributed by atoms with Crippen LogP contribution in [0.1, 0.15) is 59.8 Å². The van der Waals surface area contributed by atoms with Crippen LogP contribution in [0.15, 0.2) is 0 Å². The maximum Gasteiger partial charge on any atom is 0.306 e. The SMILES string of the molecule is CC(=O)CCC(=O)OC1CC(C)CC(C)(C)C1. The summed E-state index contributed by atoms with van der Waals surface area (Å²) in [7, 11) is 0. The second kappa shape index (κ2) is 5.65. The van der Waals surface area contributed by atoms with Gasteiger partial charge in [-0.15, -0.1) is 0 Å². The lowest BCUT2D eigenvalue weighted by Gasteiger charge is -2.38. The third-order valence-corrected chi connectivity index (χ3v) is 3.33. The Kier molecular flexibility index (Phi) is 4.72. The third-order valence-electron chi connectivity index (χ3n) is 3.33. The summed E-state index contributed by atoms with van der Waals surface area (Å²) < 4.78 is 5.46. The molecule has 0 saturated heterocycles. The van der Waals surface area contributed by atoms with Crippen LogP contribution in [0.2, 0.25) is 0 Å². The highest BCUT2D eigenvalue weighted by Gasteiger charge is 2.33. The average Bonchev–Trinajstić information content (AvgIpc) is 2.11. The molecule has 0 heterocycles. The summed E-state index contributed by atoms with van der Waals surface area (Å²) in [6.45, 7) is 8.15. The molecule has 2 unspecified atom stereocenters. The number of carbonyl (C=O) groups is 2. The van der Waals surface area contributed by atoms with Gasteiger partial charge in [-0.05, 0) is 37.5 Å². The maximum atomic E-state index is 11.6. The molecule has 0 aromatic carbocycles. The Bertz CT molecular complexity index is 294. The summed E-state index contributed by atoms with van der Waals surface area (Å²) in [5.41, 5.74) is 0.253. The largest absolute Gasteiger partial charge is 0.462 e. The first-order chi connectivity index (χ1) is 7.78. The molecule has 0 aromatic rings. The zero-order valence-electron chi connectivity index (χ0n) is 11.4. The molecular formula is C14H24O3. The van der Waals surface area contributed by atoms with Crippen LogP contribution in [0.3, 0.4) is 0 Å². The average molecular weight is 240 g/mol. The molecule has 0 bridgehead atoms. The van der Waals surface area contributed by atoms with E-state index in [0.717, 1.165) is 12.8 Å². The predicted octanol–water partition coefficient (Wildman–Crippen LogP) is 3.11. The summed E-state index contributed by atoms with van der Waals surface area (Å²) in [6.07, 6.45) is 3.63. The predicted molar refractivity (Wildman–Crippen MR) is 66.6 cm³/mol. The van der Waals surface area contributed by atoms with Gasteiger partial charge in [-0.25, -0.2) is 0 Å². The molecule has 0 aliphatic heterocycles. The fourth-order valence-electron chi connectivity index (χ4n) is 2.87. The molecule has 1 aliphatic carbocycles. The van der Waals surface area contributed by atoms with Gasteiger partial charge in [0.25, 0.3) is 0 Å². The van der Waals surface area contributed by atoms with E-state index in [1.807, 2.05) is 0 Å². The van der Waals surface area contributed by atoms with Crippen LogP contribution in [0, 0.1) is 11.3 Å². The number of carbonyl (C=O) groups excluding carboxylic acids is 2. The molecule has 3 heteroatoms. The van der Waals surface area contributed by atoms with Gasteiger partial charge in [0.2, 0.25) is 0 Å². The smallest absolute Gasteiger partial charge is 0.306 e. The van der Waals surface area contributed by atoms with Gasteiger partial charge in [-0.1, -0.05) is 20.8 Å². The Balaban J connectivity index is 2.40. The lowest BCUT2D eigenvalue weighted by atomic mass is 9.71. The van der Waals surface area contributed by atoms with Gasteiger partial charge in [-0.2, -0.15) is 0 Å². The zero-order chi connectivity index (χ0) is 13.1. The molecule has 0 radical (unpaired) electrons. The summed E-state index contributed by atoms with van der Waals surface area (Å²) in [4.78, 5) is 22.3. The van der Waals surface area contributed by atoms with Crippen LogP contribution in [0.25, 0.3) is 0 Å². The molecule has 1 saturated carbocycles. The van der Waals surface area contributed by atoms with Gasteiger partial charge < -0.3 is 9.53 Å². The topological polar surface area (TPSA) is 43.4 Å². The van der Waals surface area contributed by atoms with Gasteiger partial charge in [0.1, 0.15) is 11.9 Å². The molecule has 0 spiro atoms. The number of esters is 1. The van der Waals surface area contributed by atoms with Crippen LogP contribution < -0.4 is 0 Å². The zero-order valence-corrected chi connectivity index (χ0v) is 11.4. The van der Waals surface area contributed by atoms with Crippen molar-refractivity contribution in [3.05, 3.63) is 0 Å². The number of hydrogen-bond acceptors (Lipinski definition) is 3. The van der Waals surface area contributed by atoms with E-state index in [2.05, 4.69) is 20.8 Å². The Hall–Kier alpha value is -0.860. The van der Waals surface area contributed by atoms with Crippen molar-refractivity contribution >= 4 is 11.8 Å². The van der Waals surface area contributed by atoms with E-state index >= 15 is 0 Å². The number of ketones is 1. The van der Waals surface area contributed by atoms with Crippen LogP contribution in [0.5, 0.6) is 0 Å². The second-order valence-corrected chi connectivity index (χ2v) is 6.23. The van der Waals surface area contributed by atoms with Crippen molar-refractivity contribution in [1.82, 2.24) is 0 Å². The molecule has 98 valence electrons. The van der Waals surface area contributed by atoms with E-state index in [-0.39, 0.29) is 29.7 Å². The minimum Gasteiger partial charge on any atom is -0.462 e. The highest BCUT2D eigenvalue weighted by atomic mass is 16.5. The van der Waals surface area contributed by atoms with E-state index in [0.29, 0.717) is 12.3 Å². The van der Waals surface area contributed by atoms with Crippen molar-refractivity contribution in [3.8, 4) is 0 Å². The quantitative estimate of drug-likeness (QED) is 0.709. The van der Waals surface area contributed by atoms with E-state index in [9.17, 15) is 9.59 Å². The summed E-state index contributed by atoms with van der Waals surface area (Å²) in [6, 6.07) is 0. The first kappa shape index (κ1) is 14.2. The molecule has 3 nitrogen and oxygen atoms in total. The number of Topliss-reactive ketones (excluding diaryl/α,β-unsaturated/α-hetero) is 1. The molecule has 0 amide bonds. The van der Waals surface area contributed by atoms with Crippen molar-refractivity contribution in [2.24, 2.45) is 11.3 Å². The summed E-state index contributed by atoms with van der Waals surface area (Å²) in [5.74, 6) is 0.416. The second-order valence-electron chi connectivity index (χ2n) is 6.23. The van der Waals surface area contributed by atoms with E-state index in [1.54, 1.807) is 0 Å². The number of rotatable bonds is 4. The fourth-order valence-corrected chi connectivity index (χ4v) is 2.87. The van der Waals surface area contributed by atoms with E-state index in [4.69, 9.17) is 4.74 Å². The fraction of sp³-hybridized carbons (Fsp3) is 0.857. The molecular weight excluding hydrogens is 216 g/mol. The maximum absolute atomic E-state index is 11.6. The van der Waals surface area contributed by atoms with Crippen molar-refractivity contribution in [2.45, 2.75) is 65.9 Å². The highest BCUT2D eigenvalue weighted by Crippen LogP contribution is 2.39. The van der Waals surface area contributed by atoms with Gasteiger partial charge in [-0.3, -0.25) is 4.79 Å². The number of ether oxygens (including phenoxy) is 1. The van der Waals surface area contributed by atoms with Crippen molar-refractivity contribution in [2.75, 3.05) is 0 Å². The Morgan fingerprint density at radius 1 is 1.24 bits per heavy atom. The summed E-state index contributed by atoms with van der Waals surface area (Å²) in [5, 5.41) is 0. The van der Waals surface area contributed by atoms with Crippen molar-refractivity contribution in [1.29, 1.82) is 0 Å². The minimum atomic E-state index is -0.227. The molecule has 2 atom stereocenters. The lowest BCUT2D eigenvalue weighted by molar-refractivity contribution is -0.154. The molecule has 0 N–H and O–H groups in total. The van der Waals surface area contributed by atoms with Crippen LogP contribution in [-0.2, 0) is 14.3 Å². The number of hydrogen-bond donors (Lipinski definition) is 0. The van der Waals surface area contributed by atoms with Crippen LogP contribution in [0.4, 0.5) is 0 Å². The lowest BCUT2D eigenvalue weighted by Crippen LogP contribution is -2.34. The molecule has 17 heavy (non-hydrogen) atoms. The van der Waals surface area contributed by atoms with E-state index < -0.39 is 0 Å². The van der Waals surface area contributed by atoms with Gasteiger partial charge in [0.05, 0.1) is 6.42 Å². The Morgan fingerprint density at radius 3 is 2.41 bits per heavy atom. The van der Waals surface area contributed by atoms with Gasteiger partial charge in [0.15, 0.2) is 0 Å². The third kappa shape index (κ3) is 5.33. The van der Waals surface area contributed by atoms with Crippen LogP contribution in [-0.4, -0.2) is 17.9 Å². The van der Waals surface area contributed by atoms with E-state index in [1.165, 1.54) is 13.3 Å². The molecule has 1 aliphatic rings.